The minimum absolute atomic E-state index is 0.686. The first-order chi connectivity index (χ1) is 14.5. The lowest BCUT2D eigenvalue weighted by Gasteiger charge is -2.41. The van der Waals surface area contributed by atoms with E-state index in [1.54, 1.807) is 6.26 Å². The average molecular weight is 438 g/mol. The topological polar surface area (TPSA) is 46.5 Å². The first kappa shape index (κ1) is 21.1. The van der Waals surface area contributed by atoms with E-state index in [4.69, 9.17) is 4.36 Å². The van der Waals surface area contributed by atoms with Crippen LogP contribution < -0.4 is 10.6 Å². The Balaban J connectivity index is 2.01. The monoisotopic (exact) mass is 437 g/mol. The molecule has 0 saturated heterocycles. The number of rotatable bonds is 5. The number of benzene rings is 3. The van der Waals surface area contributed by atoms with Crippen LogP contribution in [0.3, 0.4) is 0 Å². The Morgan fingerprint density at radius 1 is 0.733 bits per heavy atom. The van der Waals surface area contributed by atoms with Gasteiger partial charge in [0.05, 0.1) is 9.73 Å². The maximum Gasteiger partial charge on any atom is 0.170 e. The van der Waals surface area contributed by atoms with Crippen LogP contribution in [-0.4, -0.2) is 15.7 Å². The van der Waals surface area contributed by atoms with Crippen LogP contribution in [-0.2, 0) is 14.3 Å². The van der Waals surface area contributed by atoms with E-state index in [0.717, 1.165) is 29.9 Å². The third kappa shape index (κ3) is 3.79. The van der Waals surface area contributed by atoms with Crippen LogP contribution in [0.25, 0.3) is 0 Å². The van der Waals surface area contributed by atoms with Gasteiger partial charge in [-0.1, -0.05) is 98.1 Å². The summed E-state index contributed by atoms with van der Waals surface area (Å²) < 4.78 is 34.1. The largest absolute Gasteiger partial charge is 0.311 e. The quantitative estimate of drug-likeness (QED) is 0.472. The van der Waals surface area contributed by atoms with Gasteiger partial charge in [0.1, 0.15) is 5.28 Å². The molecule has 0 amide bonds. The molecule has 1 aliphatic rings. The van der Waals surface area contributed by atoms with Gasteiger partial charge in [-0.05, 0) is 25.0 Å². The minimum atomic E-state index is -3.19. The van der Waals surface area contributed by atoms with Crippen molar-refractivity contribution in [3.8, 4) is 0 Å². The van der Waals surface area contributed by atoms with Crippen LogP contribution in [0.2, 0.25) is 0 Å². The van der Waals surface area contributed by atoms with Crippen molar-refractivity contribution in [3.05, 3.63) is 91.0 Å². The molecule has 1 atom stereocenters. The van der Waals surface area contributed by atoms with Gasteiger partial charge in [0.2, 0.25) is 0 Å². The Morgan fingerprint density at radius 2 is 1.17 bits per heavy atom. The fourth-order valence-corrected chi connectivity index (χ4v) is 10.5. The number of hydrogen-bond acceptors (Lipinski definition) is 3. The lowest BCUT2D eigenvalue weighted by Crippen LogP contribution is -2.39. The predicted octanol–water partition coefficient (Wildman–Crippen LogP) is 5.82. The zero-order valence-corrected chi connectivity index (χ0v) is 19.0. The summed E-state index contributed by atoms with van der Waals surface area (Å²) in [5.41, 5.74) is 0. The standard InChI is InChI=1S/C25H28NO2PS/c1-30(28,24-18-10-4-11-19-24)26-25(20-12-5-13-21-25)29(27,22-14-6-2-7-15-22)23-16-8-3-9-17-23/h2-4,6-11,14-19H,5,12-13,20-21H2,1H3/t30-/m1/s1. The number of hydrogen-bond donors (Lipinski definition) is 0. The molecule has 0 radical (unpaired) electrons. The molecule has 30 heavy (non-hydrogen) atoms. The van der Waals surface area contributed by atoms with Crippen molar-refractivity contribution in [2.45, 2.75) is 42.3 Å². The Morgan fingerprint density at radius 3 is 1.63 bits per heavy atom. The predicted molar refractivity (Wildman–Crippen MR) is 127 cm³/mol. The van der Waals surface area contributed by atoms with Gasteiger partial charge in [-0.3, -0.25) is 0 Å². The van der Waals surface area contributed by atoms with Crippen molar-refractivity contribution in [1.82, 2.24) is 0 Å². The second kappa shape index (κ2) is 8.53. The van der Waals surface area contributed by atoms with Crippen LogP contribution in [0.4, 0.5) is 0 Å². The zero-order valence-electron chi connectivity index (χ0n) is 17.3. The van der Waals surface area contributed by atoms with E-state index in [2.05, 4.69) is 0 Å². The summed E-state index contributed by atoms with van der Waals surface area (Å²) in [5.74, 6) is 0. The van der Waals surface area contributed by atoms with Gasteiger partial charge in [-0.15, -0.1) is 0 Å². The highest BCUT2D eigenvalue weighted by molar-refractivity contribution is 7.93. The summed E-state index contributed by atoms with van der Waals surface area (Å²) in [5, 5.41) is 0.727. The molecule has 3 aromatic carbocycles. The smallest absolute Gasteiger partial charge is 0.170 e. The van der Waals surface area contributed by atoms with E-state index in [0.29, 0.717) is 17.7 Å². The molecular formula is C25H28NO2PS. The lowest BCUT2D eigenvalue weighted by atomic mass is 9.95. The highest BCUT2D eigenvalue weighted by atomic mass is 32.2. The third-order valence-electron chi connectivity index (χ3n) is 6.00. The zero-order chi connectivity index (χ0) is 21.1. The first-order valence-corrected chi connectivity index (χ1v) is 14.1. The van der Waals surface area contributed by atoms with Gasteiger partial charge in [-0.2, -0.15) is 0 Å². The van der Waals surface area contributed by atoms with Crippen molar-refractivity contribution in [2.24, 2.45) is 4.36 Å². The van der Waals surface area contributed by atoms with Crippen LogP contribution in [0.15, 0.2) is 100 Å². The van der Waals surface area contributed by atoms with Crippen molar-refractivity contribution >= 4 is 27.5 Å². The van der Waals surface area contributed by atoms with Crippen molar-refractivity contribution in [1.29, 1.82) is 0 Å². The highest BCUT2D eigenvalue weighted by Gasteiger charge is 2.51. The minimum Gasteiger partial charge on any atom is -0.311 e. The molecule has 1 saturated carbocycles. The summed E-state index contributed by atoms with van der Waals surface area (Å²) in [4.78, 5) is 0.697. The molecule has 0 N–H and O–H groups in total. The average Bonchev–Trinajstić information content (AvgIpc) is 2.80. The second-order valence-electron chi connectivity index (χ2n) is 8.03. The van der Waals surface area contributed by atoms with Gasteiger partial charge in [0.15, 0.2) is 7.14 Å². The summed E-state index contributed by atoms with van der Waals surface area (Å²) >= 11 is 0. The van der Waals surface area contributed by atoms with Crippen molar-refractivity contribution < 1.29 is 8.77 Å². The molecule has 4 rings (SSSR count). The molecule has 0 bridgehead atoms. The fraction of sp³-hybridized carbons (Fsp3) is 0.280. The molecule has 0 unspecified atom stereocenters. The third-order valence-corrected chi connectivity index (χ3v) is 11.8. The molecule has 0 aromatic heterocycles. The summed E-state index contributed by atoms with van der Waals surface area (Å²) in [7, 11) is -5.91. The van der Waals surface area contributed by atoms with Gasteiger partial charge in [0.25, 0.3) is 0 Å². The molecule has 0 aliphatic heterocycles. The van der Waals surface area contributed by atoms with Crippen LogP contribution in [0, 0.1) is 0 Å². The molecule has 0 spiro atoms. The number of nitrogens with zero attached hydrogens (tertiary/aromatic N) is 1. The van der Waals surface area contributed by atoms with Crippen LogP contribution in [0.1, 0.15) is 32.1 Å². The highest BCUT2D eigenvalue weighted by Crippen LogP contribution is 2.63. The van der Waals surface area contributed by atoms with Crippen LogP contribution in [0.5, 0.6) is 0 Å². The maximum absolute atomic E-state index is 15.2. The lowest BCUT2D eigenvalue weighted by molar-refractivity contribution is 0.390. The maximum atomic E-state index is 15.2. The van der Waals surface area contributed by atoms with E-state index >= 15 is 4.57 Å². The Bertz CT molecular complexity index is 1100. The Kier molecular flexibility index (Phi) is 5.99. The molecule has 0 heterocycles. The van der Waals surface area contributed by atoms with Gasteiger partial charge in [-0.25, -0.2) is 8.57 Å². The summed E-state index contributed by atoms with van der Waals surface area (Å²) in [6, 6.07) is 28.8. The van der Waals surface area contributed by atoms with Crippen molar-refractivity contribution in [2.75, 3.05) is 6.26 Å². The van der Waals surface area contributed by atoms with E-state index in [1.807, 2.05) is 91.0 Å². The molecule has 156 valence electrons. The summed E-state index contributed by atoms with van der Waals surface area (Å²) in [6.45, 7) is 0. The molecule has 5 heteroatoms. The fourth-order valence-electron chi connectivity index (χ4n) is 4.54. The van der Waals surface area contributed by atoms with Gasteiger partial charge in [0, 0.05) is 21.8 Å². The van der Waals surface area contributed by atoms with Crippen LogP contribution >= 0.6 is 7.14 Å². The Labute approximate surface area is 180 Å². The van der Waals surface area contributed by atoms with E-state index in [-0.39, 0.29) is 0 Å². The molecular weight excluding hydrogens is 409 g/mol. The van der Waals surface area contributed by atoms with Crippen molar-refractivity contribution in [3.63, 3.8) is 0 Å². The SMILES string of the molecule is C[S@](=O)(=NC1(P(=O)(c2ccccc2)c2ccccc2)CCCCC1)c1ccccc1. The van der Waals surface area contributed by atoms with E-state index < -0.39 is 22.2 Å². The first-order valence-electron chi connectivity index (χ1n) is 10.5. The molecule has 1 fully saturated rings. The Hall–Kier alpha value is -2.16. The molecule has 3 aromatic rings. The van der Waals surface area contributed by atoms with E-state index in [1.165, 1.54) is 0 Å². The van der Waals surface area contributed by atoms with E-state index in [9.17, 15) is 4.21 Å². The van der Waals surface area contributed by atoms with Gasteiger partial charge < -0.3 is 4.57 Å². The summed E-state index contributed by atoms with van der Waals surface area (Å²) in [6.07, 6.45) is 6.04. The normalized spacial score (nSPS) is 18.3. The van der Waals surface area contributed by atoms with Gasteiger partial charge >= 0.3 is 0 Å². The molecule has 3 nitrogen and oxygen atoms in total. The second-order valence-corrected chi connectivity index (χ2v) is 13.4. The molecule has 1 aliphatic carbocycles.